The number of nitrogens with zero attached hydrogens (tertiary/aromatic N) is 1. The highest BCUT2D eigenvalue weighted by Gasteiger charge is 2.21. The van der Waals surface area contributed by atoms with Crippen molar-refractivity contribution >= 4 is 6.16 Å². The van der Waals surface area contributed by atoms with Crippen LogP contribution in [0.2, 0.25) is 0 Å². The minimum atomic E-state index is -0.973. The molecule has 1 aromatic rings. The van der Waals surface area contributed by atoms with Crippen molar-refractivity contribution in [3.63, 3.8) is 0 Å². The molecule has 2 rings (SSSR count). The number of aromatic hydroxyl groups is 2. The second-order valence-electron chi connectivity index (χ2n) is 3.61. The summed E-state index contributed by atoms with van der Waals surface area (Å²) in [6.45, 7) is 1.08. The highest BCUT2D eigenvalue weighted by molar-refractivity contribution is 5.60. The summed E-state index contributed by atoms with van der Waals surface area (Å²) < 4.78 is 10.7. The van der Waals surface area contributed by atoms with E-state index in [0.29, 0.717) is 30.8 Å². The van der Waals surface area contributed by atoms with Crippen LogP contribution in [-0.4, -0.2) is 40.4 Å². The van der Waals surface area contributed by atoms with Gasteiger partial charge in [0.1, 0.15) is 6.10 Å². The van der Waals surface area contributed by atoms with Gasteiger partial charge in [0, 0.05) is 25.0 Å². The molecular formula is C10H13NO6. The minimum absolute atomic E-state index is 0.254. The van der Waals surface area contributed by atoms with E-state index in [2.05, 4.69) is 4.84 Å². The van der Waals surface area contributed by atoms with E-state index in [1.165, 1.54) is 12.1 Å². The molecular weight excluding hydrogens is 230 g/mol. The Morgan fingerprint density at radius 2 is 1.88 bits per heavy atom. The first-order chi connectivity index (χ1) is 8.16. The van der Waals surface area contributed by atoms with Crippen LogP contribution < -0.4 is 4.84 Å². The average Bonchev–Trinajstić information content (AvgIpc) is 2.62. The summed E-state index contributed by atoms with van der Waals surface area (Å²) in [4.78, 5) is 16.0. The molecule has 94 valence electrons. The molecule has 0 aromatic carbocycles. The summed E-state index contributed by atoms with van der Waals surface area (Å²) in [6.07, 6.45) is -0.00731. The van der Waals surface area contributed by atoms with Gasteiger partial charge >= 0.3 is 6.16 Å². The third kappa shape index (κ3) is 2.82. The highest BCUT2D eigenvalue weighted by atomic mass is 16.8. The number of aromatic nitrogens is 1. The summed E-state index contributed by atoms with van der Waals surface area (Å²) in [5, 5.41) is 18.5. The number of rotatable bonds is 2. The number of carbonyl (C=O) groups excluding carboxylic acids is 1. The van der Waals surface area contributed by atoms with Crippen LogP contribution in [0.4, 0.5) is 4.79 Å². The third-order valence-corrected chi connectivity index (χ3v) is 2.39. The van der Waals surface area contributed by atoms with E-state index in [-0.39, 0.29) is 17.9 Å². The van der Waals surface area contributed by atoms with Crippen LogP contribution in [0.1, 0.15) is 12.8 Å². The SMILES string of the molecule is O=C(OC1CCOCC1)On1c(O)ccc1O. The summed E-state index contributed by atoms with van der Waals surface area (Å²) in [5.74, 6) is -0.766. The molecule has 1 saturated heterocycles. The van der Waals surface area contributed by atoms with Gasteiger partial charge in [-0.15, -0.1) is 4.73 Å². The van der Waals surface area contributed by atoms with Crippen LogP contribution in [0, 0.1) is 0 Å². The van der Waals surface area contributed by atoms with E-state index in [4.69, 9.17) is 9.47 Å². The zero-order valence-corrected chi connectivity index (χ0v) is 9.04. The fourth-order valence-corrected chi connectivity index (χ4v) is 1.52. The summed E-state index contributed by atoms with van der Waals surface area (Å²) >= 11 is 0. The Bertz CT molecular complexity index is 376. The first kappa shape index (κ1) is 11.6. The van der Waals surface area contributed by atoms with Crippen LogP contribution in [0.25, 0.3) is 0 Å². The van der Waals surface area contributed by atoms with Crippen molar-refractivity contribution in [1.82, 2.24) is 4.73 Å². The molecule has 17 heavy (non-hydrogen) atoms. The van der Waals surface area contributed by atoms with Crippen LogP contribution in [0.5, 0.6) is 11.8 Å². The lowest BCUT2D eigenvalue weighted by Crippen LogP contribution is -2.30. The fourth-order valence-electron chi connectivity index (χ4n) is 1.52. The Balaban J connectivity index is 1.88. The lowest BCUT2D eigenvalue weighted by atomic mass is 10.2. The Morgan fingerprint density at radius 3 is 2.47 bits per heavy atom. The van der Waals surface area contributed by atoms with Crippen LogP contribution in [0.15, 0.2) is 12.1 Å². The van der Waals surface area contributed by atoms with E-state index in [0.717, 1.165) is 0 Å². The molecule has 7 heteroatoms. The van der Waals surface area contributed by atoms with Gasteiger partial charge in [0.05, 0.1) is 13.2 Å². The van der Waals surface area contributed by atoms with Gasteiger partial charge in [0.2, 0.25) is 11.8 Å². The second-order valence-corrected chi connectivity index (χ2v) is 3.61. The van der Waals surface area contributed by atoms with Gasteiger partial charge in [-0.25, -0.2) is 4.79 Å². The van der Waals surface area contributed by atoms with Gasteiger partial charge < -0.3 is 19.7 Å². The zero-order valence-electron chi connectivity index (χ0n) is 9.04. The topological polar surface area (TPSA) is 90.2 Å². The van der Waals surface area contributed by atoms with Crippen molar-refractivity contribution in [1.29, 1.82) is 0 Å². The third-order valence-electron chi connectivity index (χ3n) is 2.39. The molecule has 0 amide bonds. The smallest absolute Gasteiger partial charge is 0.492 e. The van der Waals surface area contributed by atoms with Gasteiger partial charge in [0.15, 0.2) is 0 Å². The molecule has 0 radical (unpaired) electrons. The first-order valence-electron chi connectivity index (χ1n) is 5.23. The van der Waals surface area contributed by atoms with Crippen molar-refractivity contribution in [3.05, 3.63) is 12.1 Å². The maximum absolute atomic E-state index is 11.4. The first-order valence-corrected chi connectivity index (χ1v) is 5.23. The zero-order chi connectivity index (χ0) is 12.3. The fraction of sp³-hybridized carbons (Fsp3) is 0.500. The Kier molecular flexibility index (Phi) is 3.38. The molecule has 0 aliphatic carbocycles. The highest BCUT2D eigenvalue weighted by Crippen LogP contribution is 2.19. The monoisotopic (exact) mass is 243 g/mol. The predicted molar refractivity (Wildman–Crippen MR) is 54.7 cm³/mol. The Morgan fingerprint density at radius 1 is 1.29 bits per heavy atom. The molecule has 0 saturated carbocycles. The second kappa shape index (κ2) is 4.96. The number of hydrogen-bond donors (Lipinski definition) is 2. The van der Waals surface area contributed by atoms with Gasteiger partial charge in [-0.1, -0.05) is 0 Å². The molecule has 2 N–H and O–H groups in total. The van der Waals surface area contributed by atoms with E-state index < -0.39 is 6.16 Å². The van der Waals surface area contributed by atoms with Crippen LogP contribution in [0.3, 0.4) is 0 Å². The molecule has 0 unspecified atom stereocenters. The molecule has 7 nitrogen and oxygen atoms in total. The lowest BCUT2D eigenvalue weighted by molar-refractivity contribution is -0.0333. The van der Waals surface area contributed by atoms with E-state index in [1.807, 2.05) is 0 Å². The van der Waals surface area contributed by atoms with Crippen molar-refractivity contribution in [3.8, 4) is 11.8 Å². The molecule has 1 aliphatic heterocycles. The molecule has 0 atom stereocenters. The van der Waals surface area contributed by atoms with E-state index in [9.17, 15) is 15.0 Å². The standard InChI is InChI=1S/C10H13NO6/c12-8-1-2-9(13)11(8)17-10(14)16-7-3-5-15-6-4-7/h1-2,7,12-13H,3-6H2. The Labute approximate surface area is 97.1 Å². The quantitative estimate of drug-likeness (QED) is 0.741. The normalized spacial score (nSPS) is 16.7. The molecule has 1 fully saturated rings. The molecule has 0 bridgehead atoms. The number of hydrogen-bond acceptors (Lipinski definition) is 6. The van der Waals surface area contributed by atoms with Crippen molar-refractivity contribution in [2.24, 2.45) is 0 Å². The van der Waals surface area contributed by atoms with E-state index in [1.54, 1.807) is 0 Å². The molecule has 2 heterocycles. The largest absolute Gasteiger partial charge is 0.534 e. The minimum Gasteiger partial charge on any atom is -0.492 e. The average molecular weight is 243 g/mol. The van der Waals surface area contributed by atoms with E-state index >= 15 is 0 Å². The summed E-state index contributed by atoms with van der Waals surface area (Å²) in [5.41, 5.74) is 0. The molecule has 1 aliphatic rings. The maximum atomic E-state index is 11.4. The van der Waals surface area contributed by atoms with Crippen LogP contribution >= 0.6 is 0 Å². The van der Waals surface area contributed by atoms with Crippen LogP contribution in [-0.2, 0) is 9.47 Å². The maximum Gasteiger partial charge on any atom is 0.534 e. The van der Waals surface area contributed by atoms with Crippen molar-refractivity contribution in [2.75, 3.05) is 13.2 Å². The van der Waals surface area contributed by atoms with Crippen molar-refractivity contribution < 1.29 is 29.3 Å². The van der Waals surface area contributed by atoms with Gasteiger partial charge in [0.25, 0.3) is 0 Å². The summed E-state index contributed by atoms with van der Waals surface area (Å²) in [6, 6.07) is 2.38. The summed E-state index contributed by atoms with van der Waals surface area (Å²) in [7, 11) is 0. The number of ether oxygens (including phenoxy) is 2. The van der Waals surface area contributed by atoms with Gasteiger partial charge in [-0.05, 0) is 0 Å². The lowest BCUT2D eigenvalue weighted by Gasteiger charge is -2.21. The van der Waals surface area contributed by atoms with Gasteiger partial charge in [-0.3, -0.25) is 4.84 Å². The van der Waals surface area contributed by atoms with Gasteiger partial charge in [-0.2, -0.15) is 0 Å². The number of carbonyl (C=O) groups is 1. The van der Waals surface area contributed by atoms with Crippen molar-refractivity contribution in [2.45, 2.75) is 18.9 Å². The Hall–Kier alpha value is -1.89. The molecule has 1 aromatic heterocycles. The molecule has 0 spiro atoms. The predicted octanol–water partition coefficient (Wildman–Crippen LogP) is 0.643.